The van der Waals surface area contributed by atoms with Crippen LogP contribution in [0.1, 0.15) is 29.8 Å². The van der Waals surface area contributed by atoms with Crippen LogP contribution in [0, 0.1) is 0 Å². The molecule has 0 aliphatic carbocycles. The van der Waals surface area contributed by atoms with Crippen LogP contribution in [0.4, 0.5) is 5.69 Å². The minimum Gasteiger partial charge on any atom is -0.492 e. The number of carbonyl (C=O) groups excluding carboxylic acids is 2. The second kappa shape index (κ2) is 9.99. The average molecular weight is 394 g/mol. The predicted molar refractivity (Wildman–Crippen MR) is 104 cm³/mol. The number of nitrogens with zero attached hydrogens (tertiary/aromatic N) is 1. The number of ether oxygens (including phenoxy) is 1. The first kappa shape index (κ1) is 20.8. The van der Waals surface area contributed by atoms with Crippen molar-refractivity contribution in [3.8, 4) is 5.75 Å². The topological polar surface area (TPSA) is 97.8 Å². The summed E-state index contributed by atoms with van der Waals surface area (Å²) in [5.74, 6) is 0.507. The molecule has 3 rings (SSSR count). The standard InChI is InChI=1S/C19H23N3O4.ClH/c20-10-13-25-15-8-6-14(7-9-15)21-18(23)16-4-1-2-11-22(16)19(24)17-5-3-12-26-17;/h3,5-9,12,16H,1-2,4,10-11,13,20H2,(H,21,23);1H. The Hall–Kier alpha value is -2.51. The van der Waals surface area contributed by atoms with Crippen LogP contribution in [-0.4, -0.2) is 42.5 Å². The number of amides is 2. The number of halogens is 1. The van der Waals surface area contributed by atoms with Gasteiger partial charge < -0.3 is 25.1 Å². The molecule has 27 heavy (non-hydrogen) atoms. The van der Waals surface area contributed by atoms with Crippen LogP contribution in [-0.2, 0) is 4.79 Å². The lowest BCUT2D eigenvalue weighted by Gasteiger charge is -2.34. The summed E-state index contributed by atoms with van der Waals surface area (Å²) in [6.07, 6.45) is 3.88. The zero-order chi connectivity index (χ0) is 18.4. The molecule has 0 saturated carbocycles. The number of carbonyl (C=O) groups is 2. The maximum absolute atomic E-state index is 12.7. The maximum atomic E-state index is 12.7. The van der Waals surface area contributed by atoms with E-state index in [2.05, 4.69) is 5.32 Å². The summed E-state index contributed by atoms with van der Waals surface area (Å²) in [6, 6.07) is 9.87. The fraction of sp³-hybridized carbons (Fsp3) is 0.368. The van der Waals surface area contributed by atoms with Crippen LogP contribution in [0.5, 0.6) is 5.75 Å². The van der Waals surface area contributed by atoms with E-state index in [1.54, 1.807) is 41.3 Å². The smallest absolute Gasteiger partial charge is 0.290 e. The third-order valence-electron chi connectivity index (χ3n) is 4.31. The number of anilines is 1. The van der Waals surface area contributed by atoms with Gasteiger partial charge in [-0.3, -0.25) is 9.59 Å². The average Bonchev–Trinajstić information content (AvgIpc) is 3.21. The van der Waals surface area contributed by atoms with Crippen LogP contribution in [0.25, 0.3) is 0 Å². The third-order valence-corrected chi connectivity index (χ3v) is 4.31. The molecule has 1 atom stereocenters. The summed E-state index contributed by atoms with van der Waals surface area (Å²) in [7, 11) is 0. The number of hydrogen-bond donors (Lipinski definition) is 2. The molecule has 1 aromatic heterocycles. The molecule has 0 spiro atoms. The first-order valence-electron chi connectivity index (χ1n) is 8.77. The first-order valence-corrected chi connectivity index (χ1v) is 8.77. The molecule has 1 aliphatic heterocycles. The zero-order valence-corrected chi connectivity index (χ0v) is 15.7. The van der Waals surface area contributed by atoms with Crippen molar-refractivity contribution in [2.75, 3.05) is 25.0 Å². The molecule has 0 radical (unpaired) electrons. The van der Waals surface area contributed by atoms with E-state index in [0.717, 1.165) is 12.8 Å². The van der Waals surface area contributed by atoms with Crippen LogP contribution in [0.15, 0.2) is 47.1 Å². The normalized spacial score (nSPS) is 16.3. The lowest BCUT2D eigenvalue weighted by atomic mass is 10.0. The number of piperidine rings is 1. The maximum Gasteiger partial charge on any atom is 0.290 e. The Morgan fingerprint density at radius 2 is 2.00 bits per heavy atom. The second-order valence-electron chi connectivity index (χ2n) is 6.14. The van der Waals surface area contributed by atoms with E-state index in [4.69, 9.17) is 14.9 Å². The van der Waals surface area contributed by atoms with Gasteiger partial charge in [0.2, 0.25) is 5.91 Å². The number of likely N-dealkylation sites (tertiary alicyclic amines) is 1. The summed E-state index contributed by atoms with van der Waals surface area (Å²) in [5, 5.41) is 2.88. The summed E-state index contributed by atoms with van der Waals surface area (Å²) < 4.78 is 10.6. The predicted octanol–water partition coefficient (Wildman–Crippen LogP) is 2.67. The van der Waals surface area contributed by atoms with Gasteiger partial charge >= 0.3 is 0 Å². The number of nitrogens with one attached hydrogen (secondary N) is 1. The Morgan fingerprint density at radius 1 is 1.22 bits per heavy atom. The van der Waals surface area contributed by atoms with Gasteiger partial charge in [0, 0.05) is 18.8 Å². The third kappa shape index (κ3) is 5.24. The summed E-state index contributed by atoms with van der Waals surface area (Å²) in [5.41, 5.74) is 6.06. The van der Waals surface area contributed by atoms with Gasteiger partial charge in [-0.1, -0.05) is 0 Å². The molecule has 2 heterocycles. The number of benzene rings is 1. The SMILES string of the molecule is Cl.NCCOc1ccc(NC(=O)C2CCCCN2C(=O)c2ccco2)cc1. The lowest BCUT2D eigenvalue weighted by Crippen LogP contribution is -2.49. The summed E-state index contributed by atoms with van der Waals surface area (Å²) >= 11 is 0. The monoisotopic (exact) mass is 393 g/mol. The summed E-state index contributed by atoms with van der Waals surface area (Å²) in [4.78, 5) is 26.9. The number of nitrogens with two attached hydrogens (primary N) is 1. The zero-order valence-electron chi connectivity index (χ0n) is 14.9. The van der Waals surface area contributed by atoms with Crippen molar-refractivity contribution in [2.45, 2.75) is 25.3 Å². The van der Waals surface area contributed by atoms with Crippen LogP contribution in [0.3, 0.4) is 0 Å². The highest BCUT2D eigenvalue weighted by atomic mass is 35.5. The van der Waals surface area contributed by atoms with E-state index in [1.807, 2.05) is 0 Å². The molecule has 1 aliphatic rings. The van der Waals surface area contributed by atoms with Crippen molar-refractivity contribution in [2.24, 2.45) is 5.73 Å². The summed E-state index contributed by atoms with van der Waals surface area (Å²) in [6.45, 7) is 1.43. The molecule has 1 saturated heterocycles. The Kier molecular flexibility index (Phi) is 7.69. The molecule has 2 amide bonds. The van der Waals surface area contributed by atoms with E-state index in [-0.39, 0.29) is 30.0 Å². The van der Waals surface area contributed by atoms with Crippen LogP contribution >= 0.6 is 12.4 Å². The van der Waals surface area contributed by atoms with E-state index in [1.165, 1.54) is 6.26 Å². The number of furan rings is 1. The minimum atomic E-state index is -0.505. The molecule has 0 bridgehead atoms. The minimum absolute atomic E-state index is 0. The van der Waals surface area contributed by atoms with Crippen molar-refractivity contribution in [3.63, 3.8) is 0 Å². The van der Waals surface area contributed by atoms with E-state index < -0.39 is 6.04 Å². The Labute approximate surface area is 164 Å². The van der Waals surface area contributed by atoms with Crippen molar-refractivity contribution in [1.82, 2.24) is 4.90 Å². The van der Waals surface area contributed by atoms with Crippen LogP contribution < -0.4 is 15.8 Å². The van der Waals surface area contributed by atoms with E-state index >= 15 is 0 Å². The van der Waals surface area contributed by atoms with Crippen molar-refractivity contribution >= 4 is 29.9 Å². The van der Waals surface area contributed by atoms with Gasteiger partial charge in [-0.2, -0.15) is 0 Å². The molecule has 1 unspecified atom stereocenters. The van der Waals surface area contributed by atoms with Crippen molar-refractivity contribution < 1.29 is 18.7 Å². The van der Waals surface area contributed by atoms with Gasteiger partial charge in [0.15, 0.2) is 5.76 Å². The molecule has 3 N–H and O–H groups in total. The Balaban J connectivity index is 0.00000261. The van der Waals surface area contributed by atoms with Crippen LogP contribution in [0.2, 0.25) is 0 Å². The van der Waals surface area contributed by atoms with Gasteiger partial charge in [-0.25, -0.2) is 0 Å². The molecular formula is C19H24ClN3O4. The molecule has 2 aromatic rings. The number of rotatable bonds is 6. The molecule has 1 aromatic carbocycles. The number of hydrogen-bond acceptors (Lipinski definition) is 5. The highest BCUT2D eigenvalue weighted by Gasteiger charge is 2.33. The Bertz CT molecular complexity index is 734. The Morgan fingerprint density at radius 3 is 2.67 bits per heavy atom. The lowest BCUT2D eigenvalue weighted by molar-refractivity contribution is -0.121. The molecule has 8 heteroatoms. The first-order chi connectivity index (χ1) is 12.7. The van der Waals surface area contributed by atoms with Gasteiger partial charge in [0.25, 0.3) is 5.91 Å². The quantitative estimate of drug-likeness (QED) is 0.786. The van der Waals surface area contributed by atoms with Gasteiger partial charge in [-0.05, 0) is 55.7 Å². The van der Waals surface area contributed by atoms with Gasteiger partial charge in [-0.15, -0.1) is 12.4 Å². The molecule has 7 nitrogen and oxygen atoms in total. The highest BCUT2D eigenvalue weighted by molar-refractivity contribution is 6.00. The largest absolute Gasteiger partial charge is 0.492 e. The van der Waals surface area contributed by atoms with E-state index in [0.29, 0.717) is 37.6 Å². The van der Waals surface area contributed by atoms with Crippen molar-refractivity contribution in [3.05, 3.63) is 48.4 Å². The van der Waals surface area contributed by atoms with Gasteiger partial charge in [0.05, 0.1) is 6.26 Å². The molecular weight excluding hydrogens is 370 g/mol. The van der Waals surface area contributed by atoms with Crippen molar-refractivity contribution in [1.29, 1.82) is 0 Å². The molecule has 146 valence electrons. The second-order valence-corrected chi connectivity index (χ2v) is 6.14. The fourth-order valence-corrected chi connectivity index (χ4v) is 3.03. The van der Waals surface area contributed by atoms with E-state index in [9.17, 15) is 9.59 Å². The highest BCUT2D eigenvalue weighted by Crippen LogP contribution is 2.22. The van der Waals surface area contributed by atoms with Gasteiger partial charge in [0.1, 0.15) is 18.4 Å². The molecule has 1 fully saturated rings. The fourth-order valence-electron chi connectivity index (χ4n) is 3.03.